The van der Waals surface area contributed by atoms with Crippen LogP contribution in [0, 0.1) is 0 Å². The van der Waals surface area contributed by atoms with Gasteiger partial charge in [0.1, 0.15) is 5.60 Å². The van der Waals surface area contributed by atoms with Gasteiger partial charge in [0.15, 0.2) is 0 Å². The lowest BCUT2D eigenvalue weighted by molar-refractivity contribution is -0.106. The number of hydrogen-bond acceptors (Lipinski definition) is 4. The van der Waals surface area contributed by atoms with E-state index in [1.807, 2.05) is 0 Å². The molecule has 0 aromatic heterocycles. The summed E-state index contributed by atoms with van der Waals surface area (Å²) >= 11 is 0. The van der Waals surface area contributed by atoms with E-state index in [1.54, 1.807) is 0 Å². The van der Waals surface area contributed by atoms with E-state index in [-0.39, 0.29) is 0 Å². The van der Waals surface area contributed by atoms with Crippen LogP contribution in [0.4, 0.5) is 0 Å². The van der Waals surface area contributed by atoms with Crippen LogP contribution in [0.15, 0.2) is 48.5 Å². The van der Waals surface area contributed by atoms with Crippen LogP contribution in [0.2, 0.25) is 0 Å². The van der Waals surface area contributed by atoms with Crippen LogP contribution in [0.1, 0.15) is 11.1 Å². The van der Waals surface area contributed by atoms with E-state index >= 15 is 0 Å². The Kier molecular flexibility index (Phi) is 4.63. The molecule has 0 amide bonds. The van der Waals surface area contributed by atoms with Crippen molar-refractivity contribution in [2.75, 3.05) is 46.2 Å². The highest BCUT2D eigenvalue weighted by Crippen LogP contribution is 2.49. The van der Waals surface area contributed by atoms with Gasteiger partial charge in [-0.1, -0.05) is 48.5 Å². The van der Waals surface area contributed by atoms with Gasteiger partial charge in [0, 0.05) is 0 Å². The summed E-state index contributed by atoms with van der Waals surface area (Å²) in [6.45, 7) is 3.85. The molecule has 0 saturated carbocycles. The molecule has 0 N–H and O–H groups in total. The third-order valence-electron chi connectivity index (χ3n) is 4.64. The first kappa shape index (κ1) is 15.8. The zero-order valence-electron chi connectivity index (χ0n) is 13.7. The Bertz CT molecular complexity index is 638. The monoisotopic (exact) mass is 326 g/mol. The molecule has 4 nitrogen and oxygen atoms in total. The van der Waals surface area contributed by atoms with Crippen LogP contribution in [0.3, 0.4) is 0 Å². The average Bonchev–Trinajstić information content (AvgIpc) is 2.89. The molecule has 2 aliphatic rings. The fourth-order valence-corrected chi connectivity index (χ4v) is 3.57. The molecule has 1 saturated heterocycles. The third-order valence-corrected chi connectivity index (χ3v) is 4.64. The summed E-state index contributed by atoms with van der Waals surface area (Å²) in [5.41, 5.74) is 4.21. The van der Waals surface area contributed by atoms with Crippen molar-refractivity contribution in [3.63, 3.8) is 0 Å². The second-order valence-electron chi connectivity index (χ2n) is 6.04. The second kappa shape index (κ2) is 7.03. The zero-order valence-corrected chi connectivity index (χ0v) is 13.7. The SMILES string of the molecule is c1ccc2c(c1)-c1ccccc1C21COCCOCCOCCO1. The normalized spacial score (nSPS) is 20.7. The highest BCUT2D eigenvalue weighted by Gasteiger charge is 2.44. The number of fused-ring (bicyclic) bond motifs is 5. The molecule has 126 valence electrons. The van der Waals surface area contributed by atoms with Crippen LogP contribution < -0.4 is 0 Å². The zero-order chi connectivity index (χ0) is 16.2. The van der Waals surface area contributed by atoms with Gasteiger partial charge in [-0.2, -0.15) is 0 Å². The molecule has 1 fully saturated rings. The van der Waals surface area contributed by atoms with Gasteiger partial charge in [-0.05, 0) is 22.3 Å². The van der Waals surface area contributed by atoms with Crippen molar-refractivity contribution in [2.45, 2.75) is 5.60 Å². The summed E-state index contributed by atoms with van der Waals surface area (Å²) in [6.07, 6.45) is 0. The minimum atomic E-state index is -0.574. The molecule has 1 spiro atoms. The molecule has 0 radical (unpaired) electrons. The quantitative estimate of drug-likeness (QED) is 0.746. The summed E-state index contributed by atoms with van der Waals surface area (Å²) in [5.74, 6) is 0. The topological polar surface area (TPSA) is 36.9 Å². The minimum Gasteiger partial charge on any atom is -0.377 e. The van der Waals surface area contributed by atoms with Crippen molar-refractivity contribution < 1.29 is 18.9 Å². The summed E-state index contributed by atoms with van der Waals surface area (Å²) in [4.78, 5) is 0. The van der Waals surface area contributed by atoms with Gasteiger partial charge in [0.2, 0.25) is 0 Å². The Hall–Kier alpha value is -1.72. The Balaban J connectivity index is 1.74. The molecule has 0 unspecified atom stereocenters. The average molecular weight is 326 g/mol. The number of ether oxygens (including phenoxy) is 4. The van der Waals surface area contributed by atoms with Gasteiger partial charge in [-0.15, -0.1) is 0 Å². The summed E-state index contributed by atoms with van der Waals surface area (Å²) in [7, 11) is 0. The van der Waals surface area contributed by atoms with E-state index in [0.717, 1.165) is 0 Å². The van der Waals surface area contributed by atoms with Crippen molar-refractivity contribution in [3.05, 3.63) is 59.7 Å². The highest BCUT2D eigenvalue weighted by atomic mass is 16.6. The van der Waals surface area contributed by atoms with Crippen LogP contribution in [-0.4, -0.2) is 46.2 Å². The number of hydrogen-bond donors (Lipinski definition) is 0. The predicted octanol–water partition coefficient (Wildman–Crippen LogP) is 2.99. The lowest BCUT2D eigenvalue weighted by atomic mass is 9.92. The van der Waals surface area contributed by atoms with Crippen molar-refractivity contribution in [1.29, 1.82) is 0 Å². The molecule has 0 bridgehead atoms. The van der Waals surface area contributed by atoms with Gasteiger partial charge < -0.3 is 18.9 Å². The molecule has 0 atom stereocenters. The van der Waals surface area contributed by atoms with E-state index < -0.39 is 5.60 Å². The fourth-order valence-electron chi connectivity index (χ4n) is 3.57. The first-order valence-electron chi connectivity index (χ1n) is 8.48. The molecule has 1 aliphatic carbocycles. The van der Waals surface area contributed by atoms with Crippen LogP contribution in [0.25, 0.3) is 11.1 Å². The van der Waals surface area contributed by atoms with E-state index in [0.29, 0.717) is 46.2 Å². The maximum Gasteiger partial charge on any atom is 0.143 e. The Morgan fingerprint density at radius 2 is 1.08 bits per heavy atom. The van der Waals surface area contributed by atoms with E-state index in [1.165, 1.54) is 22.3 Å². The van der Waals surface area contributed by atoms with Gasteiger partial charge in [0.05, 0.1) is 46.2 Å². The number of rotatable bonds is 0. The summed E-state index contributed by atoms with van der Waals surface area (Å²) in [6, 6.07) is 16.9. The largest absolute Gasteiger partial charge is 0.377 e. The van der Waals surface area contributed by atoms with Crippen molar-refractivity contribution in [2.24, 2.45) is 0 Å². The smallest absolute Gasteiger partial charge is 0.143 e. The maximum absolute atomic E-state index is 6.43. The van der Waals surface area contributed by atoms with Crippen LogP contribution >= 0.6 is 0 Å². The molecule has 1 aliphatic heterocycles. The molecule has 2 aromatic carbocycles. The van der Waals surface area contributed by atoms with Crippen molar-refractivity contribution in [3.8, 4) is 11.1 Å². The van der Waals surface area contributed by atoms with Gasteiger partial charge in [-0.25, -0.2) is 0 Å². The first-order chi connectivity index (χ1) is 11.9. The molecular weight excluding hydrogens is 304 g/mol. The summed E-state index contributed by atoms with van der Waals surface area (Å²) in [5, 5.41) is 0. The Morgan fingerprint density at radius 1 is 0.583 bits per heavy atom. The lowest BCUT2D eigenvalue weighted by Crippen LogP contribution is -2.36. The Labute approximate surface area is 142 Å². The standard InChI is InChI=1S/C20H22O4/c1-3-7-18-16(5-1)17-6-2-4-8-19(17)20(18)15-23-12-11-21-9-10-22-13-14-24-20/h1-8H,9-15H2. The van der Waals surface area contributed by atoms with E-state index in [9.17, 15) is 0 Å². The van der Waals surface area contributed by atoms with Crippen LogP contribution in [0.5, 0.6) is 0 Å². The number of benzene rings is 2. The second-order valence-corrected chi connectivity index (χ2v) is 6.04. The van der Waals surface area contributed by atoms with E-state index in [4.69, 9.17) is 18.9 Å². The molecule has 2 aromatic rings. The fraction of sp³-hybridized carbons (Fsp3) is 0.400. The molecule has 4 heteroatoms. The molecular formula is C20H22O4. The summed E-state index contributed by atoms with van der Waals surface area (Å²) < 4.78 is 23.5. The molecule has 4 rings (SSSR count). The van der Waals surface area contributed by atoms with Crippen molar-refractivity contribution in [1.82, 2.24) is 0 Å². The third kappa shape index (κ3) is 2.76. The van der Waals surface area contributed by atoms with Gasteiger partial charge in [0.25, 0.3) is 0 Å². The van der Waals surface area contributed by atoms with Gasteiger partial charge in [-0.3, -0.25) is 0 Å². The first-order valence-corrected chi connectivity index (χ1v) is 8.48. The Morgan fingerprint density at radius 3 is 1.71 bits per heavy atom. The van der Waals surface area contributed by atoms with Crippen LogP contribution in [-0.2, 0) is 24.5 Å². The molecule has 24 heavy (non-hydrogen) atoms. The van der Waals surface area contributed by atoms with E-state index in [2.05, 4.69) is 48.5 Å². The molecule has 1 heterocycles. The highest BCUT2D eigenvalue weighted by molar-refractivity contribution is 5.80. The van der Waals surface area contributed by atoms with Crippen molar-refractivity contribution >= 4 is 0 Å². The minimum absolute atomic E-state index is 0.477. The predicted molar refractivity (Wildman–Crippen MR) is 91.1 cm³/mol. The lowest BCUT2D eigenvalue weighted by Gasteiger charge is -2.32. The van der Waals surface area contributed by atoms with Gasteiger partial charge >= 0.3 is 0 Å². The maximum atomic E-state index is 6.43.